The lowest BCUT2D eigenvalue weighted by Gasteiger charge is -2.12. The average Bonchev–Trinajstić information content (AvgIpc) is 2.56. The van der Waals surface area contributed by atoms with Gasteiger partial charge in [-0.25, -0.2) is 0 Å². The van der Waals surface area contributed by atoms with Crippen LogP contribution in [0.4, 0.5) is 0 Å². The summed E-state index contributed by atoms with van der Waals surface area (Å²) in [6.45, 7) is 2.47. The van der Waals surface area contributed by atoms with E-state index in [9.17, 15) is 5.11 Å². The zero-order valence-electron chi connectivity index (χ0n) is 7.23. The van der Waals surface area contributed by atoms with Crippen molar-refractivity contribution in [3.8, 4) is 0 Å². The molecule has 0 saturated heterocycles. The molecule has 1 aromatic rings. The number of rotatable bonds is 4. The van der Waals surface area contributed by atoms with Gasteiger partial charge in [0.15, 0.2) is 0 Å². The minimum atomic E-state index is -0.359. The monoisotopic (exact) mass is 185 g/mol. The van der Waals surface area contributed by atoms with E-state index in [-0.39, 0.29) is 6.10 Å². The third-order valence-electron chi connectivity index (χ3n) is 1.93. The summed E-state index contributed by atoms with van der Waals surface area (Å²) in [6, 6.07) is 4.13. The van der Waals surface area contributed by atoms with Crippen LogP contribution < -0.4 is 5.73 Å². The van der Waals surface area contributed by atoms with E-state index in [0.717, 1.165) is 6.42 Å². The van der Waals surface area contributed by atoms with Crippen molar-refractivity contribution < 1.29 is 5.11 Å². The van der Waals surface area contributed by atoms with E-state index in [2.05, 4.69) is 18.4 Å². The van der Waals surface area contributed by atoms with Gasteiger partial charge in [0, 0.05) is 11.4 Å². The Morgan fingerprint density at radius 3 is 2.92 bits per heavy atom. The van der Waals surface area contributed by atoms with Crippen LogP contribution in [0.1, 0.15) is 24.1 Å². The summed E-state index contributed by atoms with van der Waals surface area (Å²) >= 11 is 1.73. The Morgan fingerprint density at radius 1 is 1.67 bits per heavy atom. The van der Waals surface area contributed by atoms with Crippen LogP contribution in [0.2, 0.25) is 0 Å². The summed E-state index contributed by atoms with van der Waals surface area (Å²) in [5.41, 5.74) is 5.33. The van der Waals surface area contributed by atoms with Crippen molar-refractivity contribution in [3.05, 3.63) is 22.4 Å². The first kappa shape index (κ1) is 9.71. The smallest absolute Gasteiger partial charge is 0.0668 e. The molecule has 68 valence electrons. The lowest BCUT2D eigenvalue weighted by Crippen LogP contribution is -2.21. The van der Waals surface area contributed by atoms with Crippen LogP contribution in [0.25, 0.3) is 0 Å². The Bertz CT molecular complexity index is 210. The molecule has 3 N–H and O–H groups in total. The quantitative estimate of drug-likeness (QED) is 0.747. The molecule has 2 unspecified atom stereocenters. The van der Waals surface area contributed by atoms with Crippen molar-refractivity contribution in [2.75, 3.05) is 6.54 Å². The van der Waals surface area contributed by atoms with E-state index in [1.54, 1.807) is 11.3 Å². The second-order valence-electron chi connectivity index (χ2n) is 3.04. The van der Waals surface area contributed by atoms with Crippen molar-refractivity contribution in [1.29, 1.82) is 0 Å². The highest BCUT2D eigenvalue weighted by Crippen LogP contribution is 2.24. The summed E-state index contributed by atoms with van der Waals surface area (Å²) < 4.78 is 0. The average molecular weight is 185 g/mol. The molecule has 0 amide bonds. The molecule has 0 radical (unpaired) electrons. The van der Waals surface area contributed by atoms with Crippen molar-refractivity contribution in [1.82, 2.24) is 0 Å². The van der Waals surface area contributed by atoms with Gasteiger partial charge in [-0.3, -0.25) is 0 Å². The molecule has 0 fully saturated rings. The van der Waals surface area contributed by atoms with Gasteiger partial charge in [-0.05, 0) is 23.8 Å². The summed E-state index contributed by atoms with van der Waals surface area (Å²) in [4.78, 5) is 1.32. The van der Waals surface area contributed by atoms with E-state index in [1.165, 1.54) is 4.88 Å². The van der Waals surface area contributed by atoms with Crippen molar-refractivity contribution in [2.45, 2.75) is 25.4 Å². The van der Waals surface area contributed by atoms with Crippen LogP contribution >= 0.6 is 11.3 Å². The van der Waals surface area contributed by atoms with Crippen LogP contribution in [0, 0.1) is 0 Å². The standard InChI is InChI=1S/C9H15NOS/c1-7(5-8(11)6-10)9-3-2-4-12-9/h2-4,7-8,11H,5-6,10H2,1H3. The summed E-state index contributed by atoms with van der Waals surface area (Å²) in [5, 5.41) is 11.4. The van der Waals surface area contributed by atoms with E-state index in [0.29, 0.717) is 12.5 Å². The van der Waals surface area contributed by atoms with Crippen molar-refractivity contribution in [2.24, 2.45) is 5.73 Å². The Labute approximate surface area is 77.0 Å². The molecule has 12 heavy (non-hydrogen) atoms. The molecule has 0 saturated carbocycles. The molecule has 3 heteroatoms. The highest BCUT2D eigenvalue weighted by molar-refractivity contribution is 7.10. The van der Waals surface area contributed by atoms with E-state index < -0.39 is 0 Å². The van der Waals surface area contributed by atoms with Crippen LogP contribution in [-0.2, 0) is 0 Å². The maximum atomic E-state index is 9.31. The molecule has 2 atom stereocenters. The van der Waals surface area contributed by atoms with E-state index in [4.69, 9.17) is 5.73 Å². The predicted molar refractivity (Wildman–Crippen MR) is 52.4 cm³/mol. The molecular weight excluding hydrogens is 170 g/mol. The first-order valence-electron chi connectivity index (χ1n) is 4.15. The highest BCUT2D eigenvalue weighted by atomic mass is 32.1. The second kappa shape index (κ2) is 4.60. The molecule has 1 heterocycles. The number of hydrogen-bond acceptors (Lipinski definition) is 3. The number of hydrogen-bond donors (Lipinski definition) is 2. The Balaban J connectivity index is 2.44. The topological polar surface area (TPSA) is 46.2 Å². The Hall–Kier alpha value is -0.380. The Kier molecular flexibility index (Phi) is 3.72. The van der Waals surface area contributed by atoms with Crippen molar-refractivity contribution in [3.63, 3.8) is 0 Å². The fourth-order valence-corrected chi connectivity index (χ4v) is 1.99. The molecular formula is C9H15NOS. The molecule has 1 rings (SSSR count). The lowest BCUT2D eigenvalue weighted by molar-refractivity contribution is 0.165. The predicted octanol–water partition coefficient (Wildman–Crippen LogP) is 1.56. The zero-order chi connectivity index (χ0) is 8.97. The van der Waals surface area contributed by atoms with Gasteiger partial charge in [0.1, 0.15) is 0 Å². The van der Waals surface area contributed by atoms with Gasteiger partial charge >= 0.3 is 0 Å². The first-order valence-corrected chi connectivity index (χ1v) is 5.03. The van der Waals surface area contributed by atoms with Crippen LogP contribution in [0.15, 0.2) is 17.5 Å². The third-order valence-corrected chi connectivity index (χ3v) is 3.03. The number of thiophene rings is 1. The van der Waals surface area contributed by atoms with Gasteiger partial charge in [0.05, 0.1) is 6.10 Å². The van der Waals surface area contributed by atoms with E-state index >= 15 is 0 Å². The first-order chi connectivity index (χ1) is 5.74. The SMILES string of the molecule is CC(CC(O)CN)c1cccs1. The summed E-state index contributed by atoms with van der Waals surface area (Å²) in [5.74, 6) is 0.420. The fourth-order valence-electron chi connectivity index (χ4n) is 1.19. The second-order valence-corrected chi connectivity index (χ2v) is 4.02. The van der Waals surface area contributed by atoms with Gasteiger partial charge in [-0.2, -0.15) is 0 Å². The van der Waals surface area contributed by atoms with Crippen molar-refractivity contribution >= 4 is 11.3 Å². The molecule has 0 aliphatic carbocycles. The number of aliphatic hydroxyl groups excluding tert-OH is 1. The Morgan fingerprint density at radius 2 is 2.42 bits per heavy atom. The molecule has 1 aromatic heterocycles. The molecule has 0 aliphatic rings. The van der Waals surface area contributed by atoms with Gasteiger partial charge in [0.25, 0.3) is 0 Å². The molecule has 0 aromatic carbocycles. The molecule has 0 bridgehead atoms. The normalized spacial score (nSPS) is 15.9. The zero-order valence-corrected chi connectivity index (χ0v) is 8.05. The molecule has 2 nitrogen and oxygen atoms in total. The fraction of sp³-hybridized carbons (Fsp3) is 0.556. The lowest BCUT2D eigenvalue weighted by atomic mass is 10.0. The minimum absolute atomic E-state index is 0.357. The van der Waals surface area contributed by atoms with Gasteiger partial charge in [0.2, 0.25) is 0 Å². The minimum Gasteiger partial charge on any atom is -0.392 e. The maximum absolute atomic E-state index is 9.31. The van der Waals surface area contributed by atoms with Gasteiger partial charge < -0.3 is 10.8 Å². The van der Waals surface area contributed by atoms with Crippen LogP contribution in [-0.4, -0.2) is 17.8 Å². The van der Waals surface area contributed by atoms with Crippen LogP contribution in [0.5, 0.6) is 0 Å². The maximum Gasteiger partial charge on any atom is 0.0668 e. The number of aliphatic hydroxyl groups is 1. The number of nitrogens with two attached hydrogens (primary N) is 1. The molecule has 0 spiro atoms. The third kappa shape index (κ3) is 2.59. The van der Waals surface area contributed by atoms with E-state index in [1.807, 2.05) is 6.07 Å². The highest BCUT2D eigenvalue weighted by Gasteiger charge is 2.10. The van der Waals surface area contributed by atoms with Crippen LogP contribution in [0.3, 0.4) is 0 Å². The van der Waals surface area contributed by atoms with Gasteiger partial charge in [-0.1, -0.05) is 13.0 Å². The summed E-state index contributed by atoms with van der Waals surface area (Å²) in [6.07, 6.45) is 0.402. The summed E-state index contributed by atoms with van der Waals surface area (Å²) in [7, 11) is 0. The van der Waals surface area contributed by atoms with Gasteiger partial charge in [-0.15, -0.1) is 11.3 Å². The molecule has 0 aliphatic heterocycles. The largest absolute Gasteiger partial charge is 0.392 e.